The van der Waals surface area contributed by atoms with E-state index in [-0.39, 0.29) is 22.3 Å². The second kappa shape index (κ2) is 10.6. The lowest BCUT2D eigenvalue weighted by molar-refractivity contribution is 0.0237. The van der Waals surface area contributed by atoms with E-state index in [9.17, 15) is 8.42 Å². The molecule has 0 aliphatic heterocycles. The van der Waals surface area contributed by atoms with Crippen LogP contribution >= 0.6 is 7.05 Å². The number of nitrogens with zero attached hydrogens (tertiary/aromatic N) is 1. The summed E-state index contributed by atoms with van der Waals surface area (Å²) in [5.74, 6) is 1.14. The summed E-state index contributed by atoms with van der Waals surface area (Å²) in [6.07, 6.45) is 2.75. The van der Waals surface area contributed by atoms with Crippen LogP contribution in [0, 0.1) is 16.7 Å². The highest BCUT2D eigenvalue weighted by Gasteiger charge is 2.66. The van der Waals surface area contributed by atoms with Gasteiger partial charge in [-0.1, -0.05) is 95.3 Å². The van der Waals surface area contributed by atoms with Crippen LogP contribution in [0.3, 0.4) is 0 Å². The summed E-state index contributed by atoms with van der Waals surface area (Å²) < 4.78 is 47.3. The van der Waals surface area contributed by atoms with E-state index in [2.05, 4.69) is 59.8 Å². The predicted molar refractivity (Wildman–Crippen MR) is 181 cm³/mol. The Bertz CT molecular complexity index is 1650. The molecule has 228 valence electrons. The van der Waals surface area contributed by atoms with Crippen LogP contribution in [0.5, 0.6) is 5.75 Å². The SMILES string of the molecule is COc1ccc2ccccc2c1P(C)(=NS(=O)(=O)C[C@]12CC[C@H](C[C@H]1O[Si](C)(C)C(C)(C)C)C2(C)C)c1ccccc1. The summed E-state index contributed by atoms with van der Waals surface area (Å²) in [6, 6.07) is 22.0. The average Bonchev–Trinajstić information content (AvgIpc) is 3.26. The Morgan fingerprint density at radius 2 is 1.64 bits per heavy atom. The van der Waals surface area contributed by atoms with Crippen LogP contribution < -0.4 is 15.3 Å². The van der Waals surface area contributed by atoms with Crippen molar-refractivity contribution in [3.05, 3.63) is 66.7 Å². The van der Waals surface area contributed by atoms with Crippen LogP contribution in [0.15, 0.2) is 70.9 Å². The molecule has 3 aromatic carbocycles. The summed E-state index contributed by atoms with van der Waals surface area (Å²) in [5.41, 5.74) is -0.624. The molecule has 0 N–H and O–H groups in total. The molecule has 3 aromatic rings. The lowest BCUT2D eigenvalue weighted by atomic mass is 9.70. The van der Waals surface area contributed by atoms with Crippen LogP contribution in [-0.4, -0.2) is 42.4 Å². The van der Waals surface area contributed by atoms with Gasteiger partial charge in [0.25, 0.3) is 10.0 Å². The Labute approximate surface area is 254 Å². The maximum Gasteiger partial charge on any atom is 0.253 e. The van der Waals surface area contributed by atoms with Gasteiger partial charge in [0.05, 0.1) is 19.0 Å². The molecular weight excluding hydrogens is 578 g/mol. The van der Waals surface area contributed by atoms with Crippen molar-refractivity contribution in [1.82, 2.24) is 0 Å². The monoisotopic (exact) mass is 625 g/mol. The zero-order valence-electron chi connectivity index (χ0n) is 26.8. The minimum absolute atomic E-state index is 0.0122. The smallest absolute Gasteiger partial charge is 0.253 e. The van der Waals surface area contributed by atoms with Crippen molar-refractivity contribution in [1.29, 1.82) is 0 Å². The van der Waals surface area contributed by atoms with Gasteiger partial charge in [-0.05, 0) is 77.5 Å². The maximum atomic E-state index is 14.6. The number of sulfonamides is 1. The van der Waals surface area contributed by atoms with E-state index >= 15 is 0 Å². The third-order valence-corrected chi connectivity index (χ3v) is 21.4. The van der Waals surface area contributed by atoms with Crippen molar-refractivity contribution in [2.24, 2.45) is 20.9 Å². The first kappa shape index (κ1) is 31.5. The molecule has 2 saturated carbocycles. The average molecular weight is 626 g/mol. The molecule has 1 unspecified atom stereocenters. The number of fused-ring (bicyclic) bond motifs is 3. The van der Waals surface area contributed by atoms with Crippen molar-refractivity contribution < 1.29 is 17.6 Å². The van der Waals surface area contributed by atoms with Crippen molar-refractivity contribution in [3.63, 3.8) is 0 Å². The molecule has 0 spiro atoms. The van der Waals surface area contributed by atoms with Crippen molar-refractivity contribution in [2.75, 3.05) is 19.5 Å². The van der Waals surface area contributed by atoms with Crippen molar-refractivity contribution in [3.8, 4) is 5.75 Å². The molecule has 0 aromatic heterocycles. The van der Waals surface area contributed by atoms with E-state index in [1.807, 2.05) is 61.3 Å². The van der Waals surface area contributed by atoms with E-state index in [0.29, 0.717) is 11.7 Å². The van der Waals surface area contributed by atoms with Gasteiger partial charge in [0, 0.05) is 17.8 Å². The van der Waals surface area contributed by atoms with E-state index in [0.717, 1.165) is 40.6 Å². The molecule has 2 aliphatic rings. The Morgan fingerprint density at radius 3 is 2.26 bits per heavy atom. The molecule has 8 heteroatoms. The first-order chi connectivity index (χ1) is 19.5. The van der Waals surface area contributed by atoms with Crippen LogP contribution in [0.1, 0.15) is 53.9 Å². The highest BCUT2D eigenvalue weighted by atomic mass is 32.2. The van der Waals surface area contributed by atoms with E-state index in [1.165, 1.54) is 0 Å². The molecule has 0 saturated heterocycles. The second-order valence-electron chi connectivity index (χ2n) is 14.7. The minimum atomic E-state index is -3.90. The molecule has 0 heterocycles. The van der Waals surface area contributed by atoms with Gasteiger partial charge in [0.1, 0.15) is 5.75 Å². The minimum Gasteiger partial charge on any atom is -0.496 e. The van der Waals surface area contributed by atoms with Crippen LogP contribution in [0.2, 0.25) is 18.1 Å². The summed E-state index contributed by atoms with van der Waals surface area (Å²) in [7, 11) is -7.20. The molecule has 2 bridgehead atoms. The van der Waals surface area contributed by atoms with Gasteiger partial charge in [-0.15, -0.1) is 0 Å². The fourth-order valence-electron chi connectivity index (χ4n) is 7.43. The lowest BCUT2D eigenvalue weighted by Crippen LogP contribution is -2.52. The Morgan fingerprint density at radius 1 is 1.00 bits per heavy atom. The van der Waals surface area contributed by atoms with E-state index < -0.39 is 30.8 Å². The first-order valence-electron chi connectivity index (χ1n) is 15.1. The predicted octanol–water partition coefficient (Wildman–Crippen LogP) is 8.18. The number of hydrogen-bond donors (Lipinski definition) is 0. The first-order valence-corrected chi connectivity index (χ1v) is 21.8. The fourth-order valence-corrected chi connectivity index (χ4v) is 15.4. The summed E-state index contributed by atoms with van der Waals surface area (Å²) in [6.45, 7) is 17.9. The van der Waals surface area contributed by atoms with Gasteiger partial charge in [0.2, 0.25) is 0 Å². The highest BCUT2D eigenvalue weighted by molar-refractivity contribution is 7.97. The Hall–Kier alpha value is -1.92. The molecule has 2 aliphatic carbocycles. The number of ether oxygens (including phenoxy) is 1. The zero-order chi connectivity index (χ0) is 30.8. The topological polar surface area (TPSA) is 65.0 Å². The van der Waals surface area contributed by atoms with Gasteiger partial charge in [-0.2, -0.15) is 4.15 Å². The number of hydrogen-bond acceptors (Lipinski definition) is 4. The molecule has 5 rings (SSSR count). The highest BCUT2D eigenvalue weighted by Crippen LogP contribution is 2.68. The largest absolute Gasteiger partial charge is 0.496 e. The molecule has 0 radical (unpaired) electrons. The molecule has 0 amide bonds. The fraction of sp³-hybridized carbons (Fsp3) is 0.529. The van der Waals surface area contributed by atoms with Gasteiger partial charge in [-0.3, -0.25) is 0 Å². The standard InChI is InChI=1S/C34H48NO4PSSi/c1-32(2,3)42(8,9)39-30-23-26-21-22-34(30,33(26,4)5)24-41(36,37)35-40(7,27-16-11-10-12-17-27)31-28-18-14-13-15-25(28)19-20-29(31)38-6/h10-20,26,30H,21-24H2,1-9H3/t26-,30-,34-,40?/m1/s1. The quantitative estimate of drug-likeness (QED) is 0.187. The lowest BCUT2D eigenvalue weighted by Gasteiger charge is -2.47. The zero-order valence-corrected chi connectivity index (χ0v) is 29.5. The van der Waals surface area contributed by atoms with Gasteiger partial charge >= 0.3 is 0 Å². The third kappa shape index (κ3) is 5.12. The summed E-state index contributed by atoms with van der Waals surface area (Å²) in [5, 5.41) is 3.87. The molecule has 4 atom stereocenters. The molecule has 2 fully saturated rings. The van der Waals surface area contributed by atoms with Gasteiger partial charge in [0.15, 0.2) is 8.32 Å². The number of benzene rings is 3. The van der Waals surface area contributed by atoms with E-state index in [4.69, 9.17) is 13.3 Å². The third-order valence-electron chi connectivity index (χ3n) is 11.1. The van der Waals surface area contributed by atoms with Gasteiger partial charge in [-0.25, -0.2) is 8.42 Å². The molecule has 42 heavy (non-hydrogen) atoms. The molecular formula is C34H48NO4PSSi. The van der Waals surface area contributed by atoms with Crippen LogP contribution in [0.4, 0.5) is 0 Å². The summed E-state index contributed by atoms with van der Waals surface area (Å²) >= 11 is 0. The van der Waals surface area contributed by atoms with Crippen LogP contribution in [0.25, 0.3) is 10.8 Å². The maximum absolute atomic E-state index is 14.6. The Kier molecular flexibility index (Phi) is 7.96. The van der Waals surface area contributed by atoms with Crippen molar-refractivity contribution in [2.45, 2.75) is 78.1 Å². The normalized spacial score (nSPS) is 25.4. The number of methoxy groups -OCH3 is 1. The molecule has 5 nitrogen and oxygen atoms in total. The van der Waals surface area contributed by atoms with Crippen LogP contribution in [-0.2, 0) is 14.4 Å². The van der Waals surface area contributed by atoms with E-state index in [1.54, 1.807) is 7.11 Å². The number of rotatable bonds is 8. The van der Waals surface area contributed by atoms with Crippen molar-refractivity contribution >= 4 is 46.8 Å². The Balaban J connectivity index is 1.69. The second-order valence-corrected chi connectivity index (χ2v) is 24.4. The summed E-state index contributed by atoms with van der Waals surface area (Å²) in [4.78, 5) is 0. The van der Waals surface area contributed by atoms with Gasteiger partial charge < -0.3 is 9.16 Å².